The Morgan fingerprint density at radius 2 is 2.17 bits per heavy atom. The molecule has 0 saturated heterocycles. The molecule has 0 spiro atoms. The van der Waals surface area contributed by atoms with Crippen molar-refractivity contribution in [2.75, 3.05) is 20.3 Å². The molecule has 2 N–H and O–H groups in total. The molecule has 0 aliphatic heterocycles. The standard InChI is InChI=1S/C18H19N3O2/c1-3-5-14-10-15(12-16(11-14)23-9-8-22-2)17-13-20-18(21-17)6-4-7-19/h4,6-7,10-13,19H,8-9H2,1-2H3,(H,20,21). The van der Waals surface area contributed by atoms with Gasteiger partial charge in [-0.15, -0.1) is 5.92 Å². The maximum Gasteiger partial charge on any atom is 0.130 e. The van der Waals surface area contributed by atoms with Crippen molar-refractivity contribution >= 4 is 12.3 Å². The van der Waals surface area contributed by atoms with Gasteiger partial charge in [0.25, 0.3) is 0 Å². The Hall–Kier alpha value is -2.84. The molecule has 2 aromatic rings. The first-order valence-electron chi connectivity index (χ1n) is 7.19. The van der Waals surface area contributed by atoms with Gasteiger partial charge in [-0.1, -0.05) is 5.92 Å². The zero-order valence-corrected chi connectivity index (χ0v) is 13.2. The van der Waals surface area contributed by atoms with E-state index in [1.807, 2.05) is 18.2 Å². The highest BCUT2D eigenvalue weighted by molar-refractivity contribution is 5.75. The number of hydrogen-bond acceptors (Lipinski definition) is 4. The van der Waals surface area contributed by atoms with Gasteiger partial charge in [-0.2, -0.15) is 0 Å². The van der Waals surface area contributed by atoms with Crippen LogP contribution in [0.2, 0.25) is 0 Å². The van der Waals surface area contributed by atoms with Crippen molar-refractivity contribution in [3.63, 3.8) is 0 Å². The van der Waals surface area contributed by atoms with Crippen molar-refractivity contribution in [1.29, 1.82) is 5.41 Å². The molecule has 118 valence electrons. The summed E-state index contributed by atoms with van der Waals surface area (Å²) in [6.45, 7) is 2.81. The van der Waals surface area contributed by atoms with Crippen molar-refractivity contribution < 1.29 is 9.47 Å². The van der Waals surface area contributed by atoms with E-state index in [0.717, 1.165) is 22.6 Å². The Morgan fingerprint density at radius 3 is 2.91 bits per heavy atom. The molecule has 1 aromatic carbocycles. The minimum absolute atomic E-state index is 0.481. The van der Waals surface area contributed by atoms with Crippen LogP contribution >= 0.6 is 0 Å². The lowest BCUT2D eigenvalue weighted by Gasteiger charge is -2.08. The molecular formula is C18H19N3O2. The number of allylic oxidation sites excluding steroid dienone is 1. The third kappa shape index (κ3) is 4.83. The first kappa shape index (κ1) is 16.5. The van der Waals surface area contributed by atoms with E-state index in [-0.39, 0.29) is 0 Å². The van der Waals surface area contributed by atoms with Crippen LogP contribution in [0.4, 0.5) is 0 Å². The Bertz CT molecular complexity index is 751. The summed E-state index contributed by atoms with van der Waals surface area (Å²) in [5.41, 5.74) is 2.69. The number of nitrogens with zero attached hydrogens (tertiary/aromatic N) is 1. The molecule has 23 heavy (non-hydrogen) atoms. The van der Waals surface area contributed by atoms with E-state index in [1.165, 1.54) is 6.21 Å². The number of aromatic nitrogens is 2. The van der Waals surface area contributed by atoms with Crippen molar-refractivity contribution in [3.8, 4) is 28.8 Å². The fraction of sp³-hybridized carbons (Fsp3) is 0.222. The third-order valence-corrected chi connectivity index (χ3v) is 2.99. The summed E-state index contributed by atoms with van der Waals surface area (Å²) in [7, 11) is 1.64. The molecule has 0 radical (unpaired) electrons. The molecule has 2 rings (SSSR count). The zero-order chi connectivity index (χ0) is 16.5. The molecule has 0 fully saturated rings. The van der Waals surface area contributed by atoms with Crippen LogP contribution in [0.25, 0.3) is 17.3 Å². The molecule has 0 saturated carbocycles. The molecule has 1 heterocycles. The predicted molar refractivity (Wildman–Crippen MR) is 91.8 cm³/mol. The van der Waals surface area contributed by atoms with E-state index in [9.17, 15) is 0 Å². The zero-order valence-electron chi connectivity index (χ0n) is 13.2. The number of rotatable bonds is 7. The Balaban J connectivity index is 2.31. The number of imidazole rings is 1. The SMILES string of the molecule is CC#Cc1cc(OCCOC)cc(-c2cnc(C=CC=N)[nH]2)c1. The van der Waals surface area contributed by atoms with Crippen LogP contribution in [0.5, 0.6) is 5.75 Å². The van der Waals surface area contributed by atoms with Gasteiger partial charge in [0.05, 0.1) is 18.5 Å². The van der Waals surface area contributed by atoms with E-state index < -0.39 is 0 Å². The van der Waals surface area contributed by atoms with Crippen molar-refractivity contribution in [1.82, 2.24) is 9.97 Å². The van der Waals surface area contributed by atoms with Crippen LogP contribution < -0.4 is 4.74 Å². The van der Waals surface area contributed by atoms with Crippen molar-refractivity contribution in [2.45, 2.75) is 6.92 Å². The van der Waals surface area contributed by atoms with Gasteiger partial charge < -0.3 is 19.9 Å². The number of hydrogen-bond donors (Lipinski definition) is 2. The summed E-state index contributed by atoms with van der Waals surface area (Å²) in [5, 5.41) is 7.01. The van der Waals surface area contributed by atoms with Gasteiger partial charge in [-0.05, 0) is 37.3 Å². The molecule has 1 aromatic heterocycles. The summed E-state index contributed by atoms with van der Waals surface area (Å²) in [4.78, 5) is 7.47. The average Bonchev–Trinajstić information content (AvgIpc) is 3.02. The van der Waals surface area contributed by atoms with Crippen LogP contribution in [-0.2, 0) is 4.74 Å². The summed E-state index contributed by atoms with van der Waals surface area (Å²) in [5.74, 6) is 7.38. The highest BCUT2D eigenvalue weighted by atomic mass is 16.5. The minimum atomic E-state index is 0.481. The second kappa shape index (κ2) is 8.57. The maximum absolute atomic E-state index is 7.01. The lowest BCUT2D eigenvalue weighted by molar-refractivity contribution is 0.146. The Morgan fingerprint density at radius 1 is 1.30 bits per heavy atom. The second-order valence-electron chi connectivity index (χ2n) is 4.67. The molecule has 0 unspecified atom stereocenters. The third-order valence-electron chi connectivity index (χ3n) is 2.99. The number of benzene rings is 1. The molecule has 0 atom stereocenters. The topological polar surface area (TPSA) is 71.0 Å². The molecule has 0 aliphatic rings. The number of ether oxygens (including phenoxy) is 2. The number of aromatic amines is 1. The van der Waals surface area contributed by atoms with Gasteiger partial charge >= 0.3 is 0 Å². The molecule has 5 nitrogen and oxygen atoms in total. The van der Waals surface area contributed by atoms with E-state index in [4.69, 9.17) is 14.9 Å². The highest BCUT2D eigenvalue weighted by Gasteiger charge is 2.06. The fourth-order valence-electron chi connectivity index (χ4n) is 2.00. The summed E-state index contributed by atoms with van der Waals surface area (Å²) < 4.78 is 10.7. The summed E-state index contributed by atoms with van der Waals surface area (Å²) in [6, 6.07) is 5.83. The number of H-pyrrole nitrogens is 1. The summed E-state index contributed by atoms with van der Waals surface area (Å²) >= 11 is 0. The number of methoxy groups -OCH3 is 1. The molecule has 0 amide bonds. The second-order valence-corrected chi connectivity index (χ2v) is 4.67. The fourth-order valence-corrected chi connectivity index (χ4v) is 2.00. The van der Waals surface area contributed by atoms with Crippen molar-refractivity contribution in [2.24, 2.45) is 0 Å². The molecule has 0 bridgehead atoms. The average molecular weight is 309 g/mol. The number of nitrogens with one attached hydrogen (secondary N) is 2. The highest BCUT2D eigenvalue weighted by Crippen LogP contribution is 2.25. The van der Waals surface area contributed by atoms with Crippen molar-refractivity contribution in [3.05, 3.63) is 41.9 Å². The lowest BCUT2D eigenvalue weighted by atomic mass is 10.1. The lowest BCUT2D eigenvalue weighted by Crippen LogP contribution is -2.04. The van der Waals surface area contributed by atoms with Gasteiger partial charge in [0.2, 0.25) is 0 Å². The van der Waals surface area contributed by atoms with Gasteiger partial charge in [0.1, 0.15) is 18.2 Å². The van der Waals surface area contributed by atoms with E-state index in [2.05, 4.69) is 21.8 Å². The van der Waals surface area contributed by atoms with Gasteiger partial charge in [-0.3, -0.25) is 0 Å². The first-order chi connectivity index (χ1) is 11.3. The smallest absolute Gasteiger partial charge is 0.130 e. The summed E-state index contributed by atoms with van der Waals surface area (Å²) in [6.07, 6.45) is 6.31. The van der Waals surface area contributed by atoms with Crippen LogP contribution in [0.15, 0.2) is 30.5 Å². The molecule has 0 aliphatic carbocycles. The van der Waals surface area contributed by atoms with Crippen LogP contribution in [0, 0.1) is 17.3 Å². The molecule has 5 heteroatoms. The molecular weight excluding hydrogens is 290 g/mol. The van der Waals surface area contributed by atoms with Gasteiger partial charge in [0, 0.05) is 24.5 Å². The van der Waals surface area contributed by atoms with Crippen LogP contribution in [-0.4, -0.2) is 36.5 Å². The van der Waals surface area contributed by atoms with Gasteiger partial charge in [-0.25, -0.2) is 4.98 Å². The normalized spacial score (nSPS) is 10.3. The monoisotopic (exact) mass is 309 g/mol. The van der Waals surface area contributed by atoms with Crippen LogP contribution in [0.3, 0.4) is 0 Å². The predicted octanol–water partition coefficient (Wildman–Crippen LogP) is 3.14. The van der Waals surface area contributed by atoms with E-state index >= 15 is 0 Å². The Kier molecular flexibility index (Phi) is 6.16. The minimum Gasteiger partial charge on any atom is -0.491 e. The first-order valence-corrected chi connectivity index (χ1v) is 7.19. The quantitative estimate of drug-likeness (QED) is 0.469. The van der Waals surface area contributed by atoms with Gasteiger partial charge in [0.15, 0.2) is 0 Å². The van der Waals surface area contributed by atoms with Crippen LogP contribution in [0.1, 0.15) is 18.3 Å². The van der Waals surface area contributed by atoms with E-state index in [0.29, 0.717) is 19.0 Å². The Labute approximate surface area is 135 Å². The largest absolute Gasteiger partial charge is 0.491 e. The maximum atomic E-state index is 7.01. The van der Waals surface area contributed by atoms with E-state index in [1.54, 1.807) is 32.4 Å².